The van der Waals surface area contributed by atoms with Gasteiger partial charge in [-0.3, -0.25) is 0 Å². The van der Waals surface area contributed by atoms with E-state index in [0.717, 1.165) is 51.4 Å². The monoisotopic (exact) mass is 655 g/mol. The molecule has 8 unspecified atom stereocenters. The van der Waals surface area contributed by atoms with Crippen molar-refractivity contribution in [2.45, 2.75) is 174 Å². The highest BCUT2D eigenvalue weighted by Crippen LogP contribution is 2.35. The third-order valence-corrected chi connectivity index (χ3v) is 9.12. The Labute approximate surface area is 285 Å². The fourth-order valence-corrected chi connectivity index (χ4v) is 7.43. The second kappa shape index (κ2) is 19.2. The zero-order valence-electron chi connectivity index (χ0n) is 33.2. The van der Waals surface area contributed by atoms with Gasteiger partial charge in [0.15, 0.2) is 12.2 Å². The molecule has 0 radical (unpaired) electrons. The zero-order chi connectivity index (χ0) is 36.3. The Hall–Kier alpha value is -1.14. The summed E-state index contributed by atoms with van der Waals surface area (Å²) in [6, 6.07) is 0. The summed E-state index contributed by atoms with van der Waals surface area (Å²) in [5.41, 5.74) is 0.765. The van der Waals surface area contributed by atoms with Crippen LogP contribution in [0.3, 0.4) is 0 Å². The lowest BCUT2D eigenvalue weighted by Crippen LogP contribution is -2.43. The third kappa shape index (κ3) is 21.7. The summed E-state index contributed by atoms with van der Waals surface area (Å²) in [5.74, 6) is -0.0276. The smallest absolute Gasteiger partial charge is 0.338 e. The van der Waals surface area contributed by atoms with Gasteiger partial charge in [0.2, 0.25) is 0 Å². The first-order valence-corrected chi connectivity index (χ1v) is 18.3. The summed E-state index contributed by atoms with van der Waals surface area (Å²) in [4.78, 5) is 25.8. The molecule has 0 aliphatic rings. The molecule has 0 spiro atoms. The second-order valence-electron chi connectivity index (χ2n) is 20.0. The summed E-state index contributed by atoms with van der Waals surface area (Å²) in [6.45, 7) is 36.0. The van der Waals surface area contributed by atoms with Crippen molar-refractivity contribution in [3.05, 3.63) is 0 Å². The highest BCUT2D eigenvalue weighted by atomic mass is 16.6. The van der Waals surface area contributed by atoms with Crippen molar-refractivity contribution in [3.8, 4) is 0 Å². The van der Waals surface area contributed by atoms with Crippen LogP contribution in [0.5, 0.6) is 0 Å². The number of esters is 2. The van der Waals surface area contributed by atoms with E-state index in [-0.39, 0.29) is 46.7 Å². The molecule has 0 aromatic carbocycles. The number of hydrogen-bond acceptors (Lipinski definition) is 6. The topological polar surface area (TPSA) is 93.1 Å². The number of hydrogen-bond donors (Lipinski definition) is 2. The van der Waals surface area contributed by atoms with E-state index < -0.39 is 24.1 Å². The first-order valence-electron chi connectivity index (χ1n) is 18.3. The molecule has 8 atom stereocenters. The lowest BCUT2D eigenvalue weighted by atomic mass is 9.76. The zero-order valence-corrected chi connectivity index (χ0v) is 33.2. The van der Waals surface area contributed by atoms with E-state index in [1.165, 1.54) is 0 Å². The van der Waals surface area contributed by atoms with Crippen LogP contribution in [0.1, 0.15) is 162 Å². The molecule has 6 nitrogen and oxygen atoms in total. The highest BCUT2D eigenvalue weighted by molar-refractivity contribution is 5.85. The van der Waals surface area contributed by atoms with Crippen molar-refractivity contribution >= 4 is 11.9 Å². The van der Waals surface area contributed by atoms with Crippen LogP contribution in [0.15, 0.2) is 0 Å². The summed E-state index contributed by atoms with van der Waals surface area (Å²) in [6.07, 6.45) is 4.08. The van der Waals surface area contributed by atoms with E-state index in [4.69, 9.17) is 9.47 Å². The molecule has 0 fully saturated rings. The van der Waals surface area contributed by atoms with Crippen molar-refractivity contribution in [2.75, 3.05) is 13.2 Å². The minimum atomic E-state index is -1.98. The van der Waals surface area contributed by atoms with Crippen molar-refractivity contribution in [1.82, 2.24) is 0 Å². The average Bonchev–Trinajstić information content (AvgIpc) is 2.82. The quantitative estimate of drug-likeness (QED) is 0.135. The Bertz CT molecular complexity index is 796. The molecule has 2 N–H and O–H groups in total. The maximum atomic E-state index is 12.9. The minimum absolute atomic E-state index is 0.118. The van der Waals surface area contributed by atoms with Crippen molar-refractivity contribution in [1.29, 1.82) is 0 Å². The number of rotatable bonds is 19. The maximum Gasteiger partial charge on any atom is 0.338 e. The van der Waals surface area contributed by atoms with Gasteiger partial charge >= 0.3 is 11.9 Å². The molecule has 46 heavy (non-hydrogen) atoms. The fourth-order valence-electron chi connectivity index (χ4n) is 7.43. The molecular formula is C40H78O6. The predicted octanol–water partition coefficient (Wildman–Crippen LogP) is 9.88. The van der Waals surface area contributed by atoms with Crippen molar-refractivity contribution < 1.29 is 29.3 Å². The van der Waals surface area contributed by atoms with E-state index in [1.807, 2.05) is 0 Å². The average molecular weight is 655 g/mol. The van der Waals surface area contributed by atoms with Gasteiger partial charge in [0.1, 0.15) is 0 Å². The van der Waals surface area contributed by atoms with Gasteiger partial charge in [0.05, 0.1) is 13.2 Å². The summed E-state index contributed by atoms with van der Waals surface area (Å²) >= 11 is 0. The molecule has 0 aromatic rings. The lowest BCUT2D eigenvalue weighted by molar-refractivity contribution is -0.175. The van der Waals surface area contributed by atoms with Gasteiger partial charge in [-0.25, -0.2) is 9.59 Å². The molecule has 274 valence electrons. The van der Waals surface area contributed by atoms with E-state index in [2.05, 4.69) is 111 Å². The summed E-state index contributed by atoms with van der Waals surface area (Å²) in [7, 11) is 0. The Morgan fingerprint density at radius 2 is 0.739 bits per heavy atom. The SMILES string of the molecule is CC(CCC(COC(=O)C(O)C(O)C(=O)OCC(CCC(C)CC(C)(C)C)C(C)CC(C)(C)C)C(C)CC(C)(C)C)CC(C)(C)C. The molecule has 0 aliphatic heterocycles. The number of aliphatic hydroxyl groups is 2. The number of carbonyl (C=O) groups excluding carboxylic acids is 2. The Morgan fingerprint density at radius 1 is 0.478 bits per heavy atom. The number of aliphatic hydroxyl groups excluding tert-OH is 2. The molecular weight excluding hydrogens is 576 g/mol. The summed E-state index contributed by atoms with van der Waals surface area (Å²) < 4.78 is 11.1. The van der Waals surface area contributed by atoms with E-state index >= 15 is 0 Å². The van der Waals surface area contributed by atoms with Crippen LogP contribution in [0.2, 0.25) is 0 Å². The molecule has 6 heteroatoms. The normalized spacial score (nSPS) is 18.6. The lowest BCUT2D eigenvalue weighted by Gasteiger charge is -2.32. The van der Waals surface area contributed by atoms with E-state index in [9.17, 15) is 19.8 Å². The molecule has 0 rings (SSSR count). The van der Waals surface area contributed by atoms with Crippen LogP contribution in [0.4, 0.5) is 0 Å². The van der Waals surface area contributed by atoms with Gasteiger partial charge in [0, 0.05) is 0 Å². The highest BCUT2D eigenvalue weighted by Gasteiger charge is 2.35. The van der Waals surface area contributed by atoms with Crippen molar-refractivity contribution in [2.24, 2.45) is 57.2 Å². The molecule has 0 amide bonds. The molecule has 0 saturated carbocycles. The van der Waals surface area contributed by atoms with Crippen LogP contribution in [0, 0.1) is 57.2 Å². The molecule has 0 bridgehead atoms. The van der Waals surface area contributed by atoms with Gasteiger partial charge in [-0.05, 0) is 95.7 Å². The molecule has 0 saturated heterocycles. The van der Waals surface area contributed by atoms with E-state index in [0.29, 0.717) is 23.7 Å². The Kier molecular flexibility index (Phi) is 18.7. The first kappa shape index (κ1) is 44.9. The Morgan fingerprint density at radius 3 is 0.978 bits per heavy atom. The third-order valence-electron chi connectivity index (χ3n) is 9.12. The summed E-state index contributed by atoms with van der Waals surface area (Å²) in [5, 5.41) is 21.3. The van der Waals surface area contributed by atoms with Crippen LogP contribution in [-0.4, -0.2) is 47.6 Å². The maximum absolute atomic E-state index is 12.9. The van der Waals surface area contributed by atoms with Gasteiger partial charge in [-0.1, -0.05) is 124 Å². The van der Waals surface area contributed by atoms with Crippen LogP contribution in [0.25, 0.3) is 0 Å². The number of carbonyl (C=O) groups is 2. The van der Waals surface area contributed by atoms with Gasteiger partial charge in [-0.2, -0.15) is 0 Å². The van der Waals surface area contributed by atoms with Gasteiger partial charge in [0.25, 0.3) is 0 Å². The van der Waals surface area contributed by atoms with Crippen LogP contribution < -0.4 is 0 Å². The standard InChI is InChI=1S/C40H78O6/c1-27(21-37(5,6)7)17-19-31(29(3)23-39(11,12)13)25-45-35(43)33(41)34(42)36(44)46-26-32(30(4)24-40(14,15)16)20-18-28(2)22-38(8,9)10/h27-34,41-42H,17-26H2,1-16H3. The van der Waals surface area contributed by atoms with Crippen LogP contribution >= 0.6 is 0 Å². The molecule has 0 heterocycles. The van der Waals surface area contributed by atoms with E-state index in [1.54, 1.807) is 0 Å². The fraction of sp³-hybridized carbons (Fsp3) is 0.950. The molecule has 0 aromatic heterocycles. The Balaban J connectivity index is 5.36. The molecule has 0 aliphatic carbocycles. The minimum Gasteiger partial charge on any atom is -0.463 e. The number of ether oxygens (including phenoxy) is 2. The van der Waals surface area contributed by atoms with Crippen molar-refractivity contribution in [3.63, 3.8) is 0 Å². The van der Waals surface area contributed by atoms with Gasteiger partial charge in [-0.15, -0.1) is 0 Å². The second-order valence-corrected chi connectivity index (χ2v) is 20.0. The predicted molar refractivity (Wildman–Crippen MR) is 192 cm³/mol. The van der Waals surface area contributed by atoms with Crippen LogP contribution in [-0.2, 0) is 19.1 Å². The first-order chi connectivity index (χ1) is 20.6. The largest absolute Gasteiger partial charge is 0.463 e. The van der Waals surface area contributed by atoms with Gasteiger partial charge < -0.3 is 19.7 Å².